The van der Waals surface area contributed by atoms with E-state index >= 15 is 0 Å². The van der Waals surface area contributed by atoms with Crippen LogP contribution in [-0.2, 0) is 0 Å². The Hall–Kier alpha value is -0.350. The monoisotopic (exact) mass is 273 g/mol. The topological polar surface area (TPSA) is 29.9 Å². The van der Waals surface area contributed by atoms with Gasteiger partial charge < -0.3 is 5.32 Å². The maximum Gasteiger partial charge on any atom is 0.0738 e. The molecule has 0 amide bonds. The van der Waals surface area contributed by atoms with Crippen LogP contribution in [0.15, 0.2) is 4.47 Å². The second kappa shape index (κ2) is 5.12. The maximum atomic E-state index is 4.52. The lowest BCUT2D eigenvalue weighted by molar-refractivity contribution is 0.425. The van der Waals surface area contributed by atoms with E-state index in [4.69, 9.17) is 0 Å². The van der Waals surface area contributed by atoms with Gasteiger partial charge in [-0.2, -0.15) is 5.10 Å². The highest BCUT2D eigenvalue weighted by Crippen LogP contribution is 2.22. The van der Waals surface area contributed by atoms with Gasteiger partial charge in [-0.25, -0.2) is 0 Å². The lowest BCUT2D eigenvalue weighted by Gasteiger charge is -2.16. The van der Waals surface area contributed by atoms with E-state index in [9.17, 15) is 0 Å². The third-order valence-electron chi connectivity index (χ3n) is 2.48. The molecule has 1 rings (SSSR count). The van der Waals surface area contributed by atoms with E-state index in [1.807, 2.05) is 6.92 Å². The standard InChI is InChI=1S/C11H20BrN3/c1-7(2)13-6-8(3)15-10(5)11(12)9(4)14-15/h7-8,13H,6H2,1-5H3. The normalized spacial score (nSPS) is 13.5. The largest absolute Gasteiger partial charge is 0.312 e. The van der Waals surface area contributed by atoms with Gasteiger partial charge in [0.25, 0.3) is 0 Å². The maximum absolute atomic E-state index is 4.52. The van der Waals surface area contributed by atoms with Gasteiger partial charge >= 0.3 is 0 Å². The highest BCUT2D eigenvalue weighted by Gasteiger charge is 2.13. The lowest BCUT2D eigenvalue weighted by Crippen LogP contribution is -2.30. The average Bonchev–Trinajstić information content (AvgIpc) is 2.42. The van der Waals surface area contributed by atoms with Gasteiger partial charge in [0.05, 0.1) is 21.9 Å². The second-order valence-electron chi connectivity index (χ2n) is 4.34. The van der Waals surface area contributed by atoms with Crippen molar-refractivity contribution in [3.05, 3.63) is 15.9 Å². The lowest BCUT2D eigenvalue weighted by atomic mass is 10.3. The molecule has 0 bridgehead atoms. The molecule has 0 aromatic carbocycles. The molecular weight excluding hydrogens is 254 g/mol. The molecule has 15 heavy (non-hydrogen) atoms. The number of nitrogens with one attached hydrogen (secondary N) is 1. The zero-order valence-electron chi connectivity index (χ0n) is 10.1. The number of nitrogens with zero attached hydrogens (tertiary/aromatic N) is 2. The quantitative estimate of drug-likeness (QED) is 0.915. The summed E-state index contributed by atoms with van der Waals surface area (Å²) in [5, 5.41) is 7.94. The van der Waals surface area contributed by atoms with E-state index in [-0.39, 0.29) is 0 Å². The molecule has 0 aliphatic carbocycles. The van der Waals surface area contributed by atoms with Crippen LogP contribution in [0.1, 0.15) is 38.2 Å². The van der Waals surface area contributed by atoms with Crippen molar-refractivity contribution in [1.82, 2.24) is 15.1 Å². The van der Waals surface area contributed by atoms with Crippen LogP contribution in [0.3, 0.4) is 0 Å². The molecule has 1 heterocycles. The van der Waals surface area contributed by atoms with Gasteiger partial charge in [0, 0.05) is 12.6 Å². The van der Waals surface area contributed by atoms with E-state index in [0.717, 1.165) is 16.7 Å². The van der Waals surface area contributed by atoms with Crippen LogP contribution in [0.2, 0.25) is 0 Å². The fourth-order valence-electron chi connectivity index (χ4n) is 1.56. The van der Waals surface area contributed by atoms with Crippen molar-refractivity contribution >= 4 is 15.9 Å². The Morgan fingerprint density at radius 2 is 1.93 bits per heavy atom. The van der Waals surface area contributed by atoms with E-state index in [0.29, 0.717) is 12.1 Å². The summed E-state index contributed by atoms with van der Waals surface area (Å²) in [6.45, 7) is 11.6. The van der Waals surface area contributed by atoms with Crippen molar-refractivity contribution in [3.63, 3.8) is 0 Å². The molecular formula is C11H20BrN3. The molecule has 0 aliphatic heterocycles. The van der Waals surface area contributed by atoms with Gasteiger partial charge in [-0.05, 0) is 36.7 Å². The van der Waals surface area contributed by atoms with Gasteiger partial charge in [0.15, 0.2) is 0 Å². The van der Waals surface area contributed by atoms with Gasteiger partial charge in [-0.3, -0.25) is 4.68 Å². The third-order valence-corrected chi connectivity index (χ3v) is 3.62. The summed E-state index contributed by atoms with van der Waals surface area (Å²) >= 11 is 3.54. The van der Waals surface area contributed by atoms with Crippen molar-refractivity contribution in [2.75, 3.05) is 6.54 Å². The summed E-state index contributed by atoms with van der Waals surface area (Å²) < 4.78 is 3.20. The molecule has 0 radical (unpaired) electrons. The first-order valence-electron chi connectivity index (χ1n) is 5.38. The third kappa shape index (κ3) is 3.05. The Bertz CT molecular complexity index is 331. The summed E-state index contributed by atoms with van der Waals surface area (Å²) in [6.07, 6.45) is 0. The Kier molecular flexibility index (Phi) is 4.34. The summed E-state index contributed by atoms with van der Waals surface area (Å²) in [5.74, 6) is 0. The summed E-state index contributed by atoms with van der Waals surface area (Å²) in [7, 11) is 0. The van der Waals surface area contributed by atoms with Crippen molar-refractivity contribution in [3.8, 4) is 0 Å². The Balaban J connectivity index is 2.73. The number of hydrogen-bond acceptors (Lipinski definition) is 2. The first-order valence-corrected chi connectivity index (χ1v) is 6.17. The number of rotatable bonds is 4. The number of aromatic nitrogens is 2. The van der Waals surface area contributed by atoms with E-state index in [2.05, 4.69) is 58.7 Å². The summed E-state index contributed by atoms with van der Waals surface area (Å²) in [4.78, 5) is 0. The average molecular weight is 274 g/mol. The van der Waals surface area contributed by atoms with Gasteiger partial charge in [0.1, 0.15) is 0 Å². The molecule has 86 valence electrons. The molecule has 1 aromatic rings. The molecule has 0 fully saturated rings. The van der Waals surface area contributed by atoms with Crippen molar-refractivity contribution in [2.24, 2.45) is 0 Å². The minimum Gasteiger partial charge on any atom is -0.312 e. The van der Waals surface area contributed by atoms with Crippen LogP contribution in [0.5, 0.6) is 0 Å². The van der Waals surface area contributed by atoms with Crippen molar-refractivity contribution in [1.29, 1.82) is 0 Å². The molecule has 0 aliphatic rings. The Labute approximate surface area is 100 Å². The highest BCUT2D eigenvalue weighted by molar-refractivity contribution is 9.10. The smallest absolute Gasteiger partial charge is 0.0738 e. The Morgan fingerprint density at radius 3 is 2.33 bits per heavy atom. The molecule has 0 saturated carbocycles. The van der Waals surface area contributed by atoms with E-state index < -0.39 is 0 Å². The number of aryl methyl sites for hydroxylation is 1. The van der Waals surface area contributed by atoms with Gasteiger partial charge in [-0.1, -0.05) is 13.8 Å². The zero-order chi connectivity index (χ0) is 11.6. The van der Waals surface area contributed by atoms with Crippen molar-refractivity contribution in [2.45, 2.75) is 46.7 Å². The highest BCUT2D eigenvalue weighted by atomic mass is 79.9. The SMILES string of the molecule is Cc1nn(C(C)CNC(C)C)c(C)c1Br. The molecule has 1 atom stereocenters. The molecule has 0 saturated heterocycles. The summed E-state index contributed by atoms with van der Waals surface area (Å²) in [5.41, 5.74) is 2.26. The number of halogens is 1. The van der Waals surface area contributed by atoms with Crippen LogP contribution >= 0.6 is 15.9 Å². The molecule has 0 spiro atoms. The fraction of sp³-hybridized carbons (Fsp3) is 0.727. The first-order chi connectivity index (χ1) is 6.93. The van der Waals surface area contributed by atoms with E-state index in [1.165, 1.54) is 5.69 Å². The zero-order valence-corrected chi connectivity index (χ0v) is 11.7. The molecule has 1 unspecified atom stereocenters. The molecule has 1 N–H and O–H groups in total. The summed E-state index contributed by atoms with van der Waals surface area (Å²) in [6, 6.07) is 0.908. The minimum absolute atomic E-state index is 0.386. The van der Waals surface area contributed by atoms with Crippen LogP contribution in [0, 0.1) is 13.8 Å². The minimum atomic E-state index is 0.386. The predicted octanol–water partition coefficient (Wildman–Crippen LogP) is 2.82. The van der Waals surface area contributed by atoms with E-state index in [1.54, 1.807) is 0 Å². The second-order valence-corrected chi connectivity index (χ2v) is 5.13. The van der Waals surface area contributed by atoms with Crippen LogP contribution in [-0.4, -0.2) is 22.4 Å². The van der Waals surface area contributed by atoms with Gasteiger partial charge in [-0.15, -0.1) is 0 Å². The number of hydrogen-bond donors (Lipinski definition) is 1. The fourth-order valence-corrected chi connectivity index (χ4v) is 1.83. The Morgan fingerprint density at radius 1 is 1.33 bits per heavy atom. The van der Waals surface area contributed by atoms with Crippen LogP contribution in [0.4, 0.5) is 0 Å². The van der Waals surface area contributed by atoms with Crippen molar-refractivity contribution < 1.29 is 0 Å². The molecule has 4 heteroatoms. The van der Waals surface area contributed by atoms with Crippen LogP contribution < -0.4 is 5.32 Å². The first kappa shape index (κ1) is 12.7. The molecule has 1 aromatic heterocycles. The van der Waals surface area contributed by atoms with Crippen LogP contribution in [0.25, 0.3) is 0 Å². The van der Waals surface area contributed by atoms with Gasteiger partial charge in [0.2, 0.25) is 0 Å². The molecule has 3 nitrogen and oxygen atoms in total. The predicted molar refractivity (Wildman–Crippen MR) is 67.3 cm³/mol.